The van der Waals surface area contributed by atoms with E-state index in [-0.39, 0.29) is 17.3 Å². The fourth-order valence-corrected chi connectivity index (χ4v) is 6.37. The number of rotatable bonds is 8. The Labute approximate surface area is 211 Å². The molecule has 9 nitrogen and oxygen atoms in total. The molecule has 36 heavy (non-hydrogen) atoms. The Morgan fingerprint density at radius 1 is 1.11 bits per heavy atom. The molecule has 3 heterocycles. The van der Waals surface area contributed by atoms with Gasteiger partial charge in [0.05, 0.1) is 11.4 Å². The molecule has 0 unspecified atom stereocenters. The lowest BCUT2D eigenvalue weighted by Crippen LogP contribution is -2.39. The van der Waals surface area contributed by atoms with Gasteiger partial charge in [-0.1, -0.05) is 36.4 Å². The number of primary sulfonamides is 1. The Hall–Kier alpha value is -2.79. The Balaban J connectivity index is 1.51. The maximum Gasteiger partial charge on any atom is 0.239 e. The van der Waals surface area contributed by atoms with Crippen LogP contribution in [0.2, 0.25) is 0 Å². The van der Waals surface area contributed by atoms with E-state index in [4.69, 9.17) is 5.14 Å². The number of likely N-dealkylation sites (tertiary alicyclic amines) is 1. The van der Waals surface area contributed by atoms with E-state index in [9.17, 15) is 13.2 Å². The van der Waals surface area contributed by atoms with Crippen LogP contribution in [-0.4, -0.2) is 64.3 Å². The number of hydrogen-bond donors (Lipinski definition) is 2. The molecule has 2 fully saturated rings. The van der Waals surface area contributed by atoms with Crippen LogP contribution in [0.25, 0.3) is 11.1 Å². The van der Waals surface area contributed by atoms with E-state index in [0.717, 1.165) is 50.1 Å². The number of amidine groups is 1. The lowest BCUT2D eigenvalue weighted by Gasteiger charge is -2.31. The van der Waals surface area contributed by atoms with Crippen LogP contribution in [0.3, 0.4) is 0 Å². The van der Waals surface area contributed by atoms with Gasteiger partial charge < -0.3 is 5.32 Å². The number of nitrogens with two attached hydrogens (primary N) is 1. The van der Waals surface area contributed by atoms with Crippen LogP contribution in [-0.2, 0) is 21.2 Å². The molecule has 3 aliphatic heterocycles. The van der Waals surface area contributed by atoms with Gasteiger partial charge >= 0.3 is 0 Å². The summed E-state index contributed by atoms with van der Waals surface area (Å²) in [6.45, 7) is 5.84. The first-order chi connectivity index (χ1) is 17.3. The lowest BCUT2D eigenvalue weighted by molar-refractivity contribution is -0.118. The van der Waals surface area contributed by atoms with Gasteiger partial charge in [-0.25, -0.2) is 18.5 Å². The molecule has 2 aromatic carbocycles. The molecule has 2 saturated heterocycles. The summed E-state index contributed by atoms with van der Waals surface area (Å²) in [5.41, 5.74) is 4.00. The Morgan fingerprint density at radius 2 is 1.83 bits per heavy atom. The summed E-state index contributed by atoms with van der Waals surface area (Å²) in [4.78, 5) is 18.1. The van der Waals surface area contributed by atoms with Crippen molar-refractivity contribution in [3.05, 3.63) is 53.1 Å². The molecule has 3 aliphatic rings. The van der Waals surface area contributed by atoms with Crippen LogP contribution >= 0.6 is 0 Å². The van der Waals surface area contributed by atoms with Gasteiger partial charge in [-0.15, -0.1) is 5.11 Å². The van der Waals surface area contributed by atoms with E-state index in [0.29, 0.717) is 41.8 Å². The average Bonchev–Trinajstić information content (AvgIpc) is 3.33. The Morgan fingerprint density at radius 3 is 2.39 bits per heavy atom. The van der Waals surface area contributed by atoms with E-state index in [1.54, 1.807) is 6.92 Å². The second-order valence-corrected chi connectivity index (χ2v) is 11.5. The molecule has 5 rings (SSSR count). The van der Waals surface area contributed by atoms with Crippen molar-refractivity contribution < 1.29 is 13.2 Å². The predicted molar refractivity (Wildman–Crippen MR) is 139 cm³/mol. The minimum absolute atomic E-state index is 0.0954. The summed E-state index contributed by atoms with van der Waals surface area (Å²) in [6, 6.07) is 12.1. The number of nitrogens with zero attached hydrogens (tertiary/aromatic N) is 4. The predicted octanol–water partition coefficient (Wildman–Crippen LogP) is 2.70. The first kappa shape index (κ1) is 24.9. The zero-order chi connectivity index (χ0) is 25.3. The Kier molecular flexibility index (Phi) is 7.11. The van der Waals surface area contributed by atoms with Crippen LogP contribution in [0.1, 0.15) is 42.4 Å². The van der Waals surface area contributed by atoms with Crippen molar-refractivity contribution in [2.24, 2.45) is 26.3 Å². The molecule has 190 valence electrons. The van der Waals surface area contributed by atoms with Crippen molar-refractivity contribution in [2.75, 3.05) is 39.4 Å². The van der Waals surface area contributed by atoms with E-state index < -0.39 is 10.0 Å². The third-order valence-corrected chi connectivity index (χ3v) is 8.37. The average molecular weight is 509 g/mol. The number of Topliss-reactive ketones (excluding diaryl/α,β-unsaturated/α-hetero) is 1. The summed E-state index contributed by atoms with van der Waals surface area (Å²) in [6.07, 6.45) is 2.38. The van der Waals surface area contributed by atoms with Crippen LogP contribution in [0.15, 0.2) is 56.5 Å². The van der Waals surface area contributed by atoms with Crippen molar-refractivity contribution in [1.82, 2.24) is 10.2 Å². The van der Waals surface area contributed by atoms with Gasteiger partial charge in [-0.05, 0) is 67.4 Å². The van der Waals surface area contributed by atoms with Crippen LogP contribution < -0.4 is 10.5 Å². The quantitative estimate of drug-likeness (QED) is 0.566. The first-order valence-corrected chi connectivity index (χ1v) is 14.0. The van der Waals surface area contributed by atoms with Crippen LogP contribution in [0.5, 0.6) is 0 Å². The largest absolute Gasteiger partial charge is 0.315 e. The van der Waals surface area contributed by atoms with Crippen LogP contribution in [0.4, 0.5) is 0 Å². The first-order valence-electron chi connectivity index (χ1n) is 12.4. The molecule has 0 spiro atoms. The van der Waals surface area contributed by atoms with Crippen molar-refractivity contribution in [3.8, 4) is 11.1 Å². The number of carbonyl (C=O) groups excluding carboxylic acids is 1. The van der Waals surface area contributed by atoms with E-state index >= 15 is 0 Å². The molecular weight excluding hydrogens is 476 g/mol. The molecule has 0 atom stereocenters. The zero-order valence-corrected chi connectivity index (χ0v) is 21.3. The van der Waals surface area contributed by atoms with Crippen molar-refractivity contribution in [2.45, 2.75) is 37.0 Å². The number of benzene rings is 2. The number of azo groups is 1. The van der Waals surface area contributed by atoms with Gasteiger partial charge in [0.2, 0.25) is 10.0 Å². The number of sulfonamides is 1. The van der Waals surface area contributed by atoms with Crippen molar-refractivity contribution in [3.63, 3.8) is 0 Å². The van der Waals surface area contributed by atoms with E-state index in [1.165, 1.54) is 5.56 Å². The molecule has 0 radical (unpaired) electrons. The fraction of sp³-hybridized carbons (Fsp3) is 0.462. The van der Waals surface area contributed by atoms with Gasteiger partial charge in [0.1, 0.15) is 5.78 Å². The van der Waals surface area contributed by atoms with Crippen LogP contribution in [0, 0.1) is 5.92 Å². The number of ketones is 1. The summed E-state index contributed by atoms with van der Waals surface area (Å²) >= 11 is 0. The summed E-state index contributed by atoms with van der Waals surface area (Å²) in [5, 5.41) is 17.3. The third-order valence-electron chi connectivity index (χ3n) is 7.33. The SMILES string of the molecule is CC(=O)CN1CCC(Cc2ccc(-c3ccc(C4CNC4)cc3)c(C3=NCN=N3)c2S(N)(=O)=O)CC1. The highest BCUT2D eigenvalue weighted by atomic mass is 32.2. The maximum atomic E-state index is 13.0. The van der Waals surface area contributed by atoms with Gasteiger partial charge in [0.25, 0.3) is 0 Å². The van der Waals surface area contributed by atoms with Gasteiger partial charge in [-0.3, -0.25) is 9.69 Å². The molecule has 0 saturated carbocycles. The summed E-state index contributed by atoms with van der Waals surface area (Å²) < 4.78 is 26.0. The topological polar surface area (TPSA) is 130 Å². The minimum atomic E-state index is -4.07. The molecule has 0 aliphatic carbocycles. The normalized spacial score (nSPS) is 19.3. The molecule has 0 aromatic heterocycles. The number of piperidine rings is 1. The Bertz CT molecular complexity index is 1310. The fourth-order valence-electron chi connectivity index (χ4n) is 5.37. The third kappa shape index (κ3) is 5.31. The highest BCUT2D eigenvalue weighted by molar-refractivity contribution is 7.89. The highest BCUT2D eigenvalue weighted by Crippen LogP contribution is 2.36. The number of nitrogens with one attached hydrogen (secondary N) is 1. The van der Waals surface area contributed by atoms with Gasteiger partial charge in [-0.2, -0.15) is 5.11 Å². The lowest BCUT2D eigenvalue weighted by atomic mass is 9.87. The molecule has 0 amide bonds. The van der Waals surface area contributed by atoms with Crippen molar-refractivity contribution in [1.29, 1.82) is 0 Å². The standard InChI is InChI=1S/C26H32N6O3S/c1-17(33)15-32-10-8-18(9-11-32)12-21-6-7-23(20-4-2-19(3-5-20)22-13-28-14-22)24(25(21)36(27,34)35)26-29-16-30-31-26/h2-7,18,22,28H,8-16H2,1H3,(H2,27,34,35). The molecular formula is C26H32N6O3S. The molecule has 10 heteroatoms. The minimum Gasteiger partial charge on any atom is -0.315 e. The molecule has 3 N–H and O–H groups in total. The summed E-state index contributed by atoms with van der Waals surface area (Å²) in [7, 11) is -4.07. The second-order valence-electron chi connectivity index (χ2n) is 9.99. The monoisotopic (exact) mass is 508 g/mol. The highest BCUT2D eigenvalue weighted by Gasteiger charge is 2.29. The smallest absolute Gasteiger partial charge is 0.239 e. The molecule has 2 aromatic rings. The summed E-state index contributed by atoms with van der Waals surface area (Å²) in [5.74, 6) is 1.28. The second kappa shape index (κ2) is 10.3. The van der Waals surface area contributed by atoms with E-state index in [1.807, 2.05) is 24.3 Å². The van der Waals surface area contributed by atoms with E-state index in [2.05, 4.69) is 37.6 Å². The maximum absolute atomic E-state index is 13.0. The van der Waals surface area contributed by atoms with Crippen molar-refractivity contribution >= 4 is 21.6 Å². The number of carbonyl (C=O) groups is 1. The zero-order valence-electron chi connectivity index (χ0n) is 20.5. The number of aliphatic imine (C=N–C) groups is 1. The molecule has 0 bridgehead atoms. The number of hydrogen-bond acceptors (Lipinski definition) is 8. The van der Waals surface area contributed by atoms with Gasteiger partial charge in [0, 0.05) is 24.6 Å². The van der Waals surface area contributed by atoms with Gasteiger partial charge in [0.15, 0.2) is 12.5 Å².